The zero-order valence-electron chi connectivity index (χ0n) is 13.8. The fourth-order valence-corrected chi connectivity index (χ4v) is 3.14. The second-order valence-corrected chi connectivity index (χ2v) is 6.24. The van der Waals surface area contributed by atoms with E-state index in [-0.39, 0.29) is 24.7 Å². The molecule has 1 aromatic heterocycles. The van der Waals surface area contributed by atoms with Crippen LogP contribution in [0.25, 0.3) is 0 Å². The Hall–Kier alpha value is -2.89. The van der Waals surface area contributed by atoms with Crippen LogP contribution in [0.5, 0.6) is 0 Å². The number of amides is 1. The molecule has 0 unspecified atom stereocenters. The highest BCUT2D eigenvalue weighted by atomic mass is 16.4. The summed E-state index contributed by atoms with van der Waals surface area (Å²) in [6.45, 7) is 0.499. The number of benzene rings is 1. The average Bonchev–Trinajstić information content (AvgIpc) is 3.28. The van der Waals surface area contributed by atoms with Gasteiger partial charge in [0.1, 0.15) is 6.04 Å². The van der Waals surface area contributed by atoms with E-state index in [1.165, 1.54) is 9.47 Å². The van der Waals surface area contributed by atoms with Crippen LogP contribution in [0, 0.1) is 0 Å². The largest absolute Gasteiger partial charge is 0.480 e. The van der Waals surface area contributed by atoms with Crippen LogP contribution in [0.3, 0.4) is 0 Å². The summed E-state index contributed by atoms with van der Waals surface area (Å²) in [5.41, 5.74) is 1.69. The fraction of sp³-hybridized carbons (Fsp3) is 0.316. The molecule has 1 aromatic carbocycles. The van der Waals surface area contributed by atoms with Gasteiger partial charge in [0.25, 0.3) is 0 Å². The summed E-state index contributed by atoms with van der Waals surface area (Å²) in [7, 11) is 0. The Kier molecular flexibility index (Phi) is 4.97. The van der Waals surface area contributed by atoms with Crippen molar-refractivity contribution < 1.29 is 19.5 Å². The molecule has 1 amide bonds. The SMILES string of the molecule is O=C(O)[C@@H]1CCCN1C(=O)Cc1ccc(CC(=O)n2cccc2)cc1. The number of carboxylic acids is 1. The van der Waals surface area contributed by atoms with Gasteiger partial charge in [-0.3, -0.25) is 14.2 Å². The first-order valence-corrected chi connectivity index (χ1v) is 8.31. The van der Waals surface area contributed by atoms with Crippen molar-refractivity contribution in [3.63, 3.8) is 0 Å². The average molecular weight is 340 g/mol. The molecule has 0 bridgehead atoms. The van der Waals surface area contributed by atoms with Gasteiger partial charge in [0.15, 0.2) is 0 Å². The number of carbonyl (C=O) groups is 3. The first-order valence-electron chi connectivity index (χ1n) is 8.31. The van der Waals surface area contributed by atoms with E-state index in [4.69, 9.17) is 5.11 Å². The maximum absolute atomic E-state index is 12.4. The van der Waals surface area contributed by atoms with Crippen LogP contribution in [0.15, 0.2) is 48.8 Å². The molecular formula is C19H20N2O4. The predicted molar refractivity (Wildman–Crippen MR) is 91.3 cm³/mol. The third-order valence-corrected chi connectivity index (χ3v) is 4.48. The Labute approximate surface area is 145 Å². The highest BCUT2D eigenvalue weighted by Gasteiger charge is 2.33. The summed E-state index contributed by atoms with van der Waals surface area (Å²) in [5, 5.41) is 9.17. The molecule has 2 heterocycles. The zero-order valence-corrected chi connectivity index (χ0v) is 13.8. The fourth-order valence-electron chi connectivity index (χ4n) is 3.14. The standard InChI is InChI=1S/C19H20N2O4/c22-17(20-9-1-2-10-20)12-14-5-7-15(8-6-14)13-18(23)21-11-3-4-16(21)19(24)25/h1-2,5-10,16H,3-4,11-13H2,(H,24,25)/t16-/m0/s1. The quantitative estimate of drug-likeness (QED) is 0.903. The van der Waals surface area contributed by atoms with Crippen LogP contribution in [0.2, 0.25) is 0 Å². The highest BCUT2D eigenvalue weighted by Crippen LogP contribution is 2.19. The lowest BCUT2D eigenvalue weighted by Crippen LogP contribution is -2.41. The molecule has 6 heteroatoms. The smallest absolute Gasteiger partial charge is 0.326 e. The van der Waals surface area contributed by atoms with Crippen molar-refractivity contribution in [3.05, 3.63) is 59.9 Å². The van der Waals surface area contributed by atoms with Gasteiger partial charge in [-0.25, -0.2) is 4.79 Å². The maximum atomic E-state index is 12.4. The van der Waals surface area contributed by atoms with E-state index in [9.17, 15) is 14.4 Å². The molecular weight excluding hydrogens is 320 g/mol. The molecule has 1 aliphatic rings. The van der Waals surface area contributed by atoms with Gasteiger partial charge >= 0.3 is 5.97 Å². The minimum absolute atomic E-state index is 0.0183. The monoisotopic (exact) mass is 340 g/mol. The first-order chi connectivity index (χ1) is 12.0. The lowest BCUT2D eigenvalue weighted by atomic mass is 10.1. The van der Waals surface area contributed by atoms with Crippen molar-refractivity contribution in [1.82, 2.24) is 9.47 Å². The third-order valence-electron chi connectivity index (χ3n) is 4.48. The van der Waals surface area contributed by atoms with Crippen molar-refractivity contribution in [2.24, 2.45) is 0 Å². The van der Waals surface area contributed by atoms with Crippen LogP contribution in [0.4, 0.5) is 0 Å². The molecule has 2 aromatic rings. The van der Waals surface area contributed by atoms with Crippen LogP contribution < -0.4 is 0 Å². The molecule has 0 radical (unpaired) electrons. The molecule has 6 nitrogen and oxygen atoms in total. The molecule has 0 aliphatic carbocycles. The molecule has 0 spiro atoms. The van der Waals surface area contributed by atoms with E-state index in [2.05, 4.69) is 0 Å². The van der Waals surface area contributed by atoms with Crippen molar-refractivity contribution in [3.8, 4) is 0 Å². The van der Waals surface area contributed by atoms with E-state index in [1.54, 1.807) is 24.5 Å². The summed E-state index contributed by atoms with van der Waals surface area (Å²) < 4.78 is 1.54. The number of likely N-dealkylation sites (tertiary alicyclic amines) is 1. The van der Waals surface area contributed by atoms with E-state index in [1.807, 2.05) is 24.3 Å². The number of nitrogens with zero attached hydrogens (tertiary/aromatic N) is 2. The van der Waals surface area contributed by atoms with Gasteiger partial charge in [0.2, 0.25) is 11.8 Å². The Morgan fingerprint density at radius 3 is 2.08 bits per heavy atom. The van der Waals surface area contributed by atoms with E-state index < -0.39 is 12.0 Å². The normalized spacial score (nSPS) is 16.8. The number of aliphatic carboxylic acids is 1. The van der Waals surface area contributed by atoms with E-state index in [0.29, 0.717) is 13.0 Å². The van der Waals surface area contributed by atoms with Gasteiger partial charge in [-0.15, -0.1) is 0 Å². The van der Waals surface area contributed by atoms with Crippen LogP contribution in [0.1, 0.15) is 28.8 Å². The lowest BCUT2D eigenvalue weighted by Gasteiger charge is -2.21. The molecule has 130 valence electrons. The summed E-state index contributed by atoms with van der Waals surface area (Å²) in [6.07, 6.45) is 5.13. The minimum Gasteiger partial charge on any atom is -0.480 e. The number of carbonyl (C=O) groups excluding carboxylic acids is 2. The van der Waals surface area contributed by atoms with Crippen LogP contribution >= 0.6 is 0 Å². The van der Waals surface area contributed by atoms with Crippen molar-refractivity contribution in [1.29, 1.82) is 0 Å². The van der Waals surface area contributed by atoms with Crippen LogP contribution in [-0.2, 0) is 22.4 Å². The number of hydrogen-bond donors (Lipinski definition) is 1. The summed E-state index contributed by atoms with van der Waals surface area (Å²) >= 11 is 0. The van der Waals surface area contributed by atoms with Crippen LogP contribution in [-0.4, -0.2) is 44.9 Å². The van der Waals surface area contributed by atoms with Gasteiger partial charge in [0, 0.05) is 18.9 Å². The van der Waals surface area contributed by atoms with Crippen molar-refractivity contribution in [2.75, 3.05) is 6.54 Å². The molecule has 1 aliphatic heterocycles. The number of rotatable bonds is 5. The topological polar surface area (TPSA) is 79.6 Å². The lowest BCUT2D eigenvalue weighted by molar-refractivity contribution is -0.148. The van der Waals surface area contributed by atoms with Gasteiger partial charge in [0.05, 0.1) is 12.8 Å². The third kappa shape index (κ3) is 3.96. The Balaban J connectivity index is 1.60. The molecule has 1 saturated heterocycles. The summed E-state index contributed by atoms with van der Waals surface area (Å²) in [6, 6.07) is 10.2. The summed E-state index contributed by atoms with van der Waals surface area (Å²) in [4.78, 5) is 37.0. The van der Waals surface area contributed by atoms with E-state index in [0.717, 1.165) is 17.5 Å². The molecule has 1 atom stereocenters. The summed E-state index contributed by atoms with van der Waals surface area (Å²) in [5.74, 6) is -1.12. The maximum Gasteiger partial charge on any atom is 0.326 e. The Morgan fingerprint density at radius 2 is 1.52 bits per heavy atom. The molecule has 1 fully saturated rings. The Morgan fingerprint density at radius 1 is 0.960 bits per heavy atom. The molecule has 0 saturated carbocycles. The van der Waals surface area contributed by atoms with Gasteiger partial charge in [-0.2, -0.15) is 0 Å². The first kappa shape index (κ1) is 17.0. The second kappa shape index (κ2) is 7.34. The number of carboxylic acid groups (broad SMARTS) is 1. The van der Waals surface area contributed by atoms with E-state index >= 15 is 0 Å². The number of hydrogen-bond acceptors (Lipinski definition) is 3. The minimum atomic E-state index is -0.940. The second-order valence-electron chi connectivity index (χ2n) is 6.24. The van der Waals surface area contributed by atoms with Gasteiger partial charge in [-0.1, -0.05) is 24.3 Å². The Bertz CT molecular complexity index is 765. The number of aromatic nitrogens is 1. The van der Waals surface area contributed by atoms with Crippen molar-refractivity contribution >= 4 is 17.8 Å². The van der Waals surface area contributed by atoms with Crippen molar-refractivity contribution in [2.45, 2.75) is 31.7 Å². The predicted octanol–water partition coefficient (Wildman–Crippen LogP) is 1.99. The zero-order chi connectivity index (χ0) is 17.8. The van der Waals surface area contributed by atoms with Gasteiger partial charge in [-0.05, 0) is 36.1 Å². The molecule has 25 heavy (non-hydrogen) atoms. The molecule has 1 N–H and O–H groups in total. The highest BCUT2D eigenvalue weighted by molar-refractivity contribution is 5.85. The van der Waals surface area contributed by atoms with Gasteiger partial charge < -0.3 is 10.0 Å². The molecule has 3 rings (SSSR count).